The van der Waals surface area contributed by atoms with Crippen LogP contribution in [0.4, 0.5) is 10.7 Å². The van der Waals surface area contributed by atoms with E-state index >= 15 is 0 Å². The van der Waals surface area contributed by atoms with Gasteiger partial charge < -0.3 is 15.0 Å². The molecule has 8 heteroatoms. The fourth-order valence-corrected chi connectivity index (χ4v) is 2.69. The highest BCUT2D eigenvalue weighted by atomic mass is 32.2. The smallest absolute Gasteiger partial charge is 0.291 e. The van der Waals surface area contributed by atoms with Gasteiger partial charge in [0.1, 0.15) is 12.4 Å². The van der Waals surface area contributed by atoms with Gasteiger partial charge in [-0.3, -0.25) is 9.59 Å². The summed E-state index contributed by atoms with van der Waals surface area (Å²) in [6.07, 6.45) is 5.04. The van der Waals surface area contributed by atoms with Crippen molar-refractivity contribution in [1.82, 2.24) is 15.3 Å². The van der Waals surface area contributed by atoms with Gasteiger partial charge in [0.2, 0.25) is 11.1 Å². The van der Waals surface area contributed by atoms with E-state index in [9.17, 15) is 9.59 Å². The van der Waals surface area contributed by atoms with Crippen LogP contribution in [0.5, 0.6) is 5.75 Å². The molecule has 0 unspecified atom stereocenters. The first kappa shape index (κ1) is 17.0. The first-order valence-corrected chi connectivity index (χ1v) is 8.39. The van der Waals surface area contributed by atoms with Gasteiger partial charge in [0, 0.05) is 31.2 Å². The van der Waals surface area contributed by atoms with Gasteiger partial charge in [-0.25, -0.2) is 9.97 Å². The fourth-order valence-electron chi connectivity index (χ4n) is 2.14. The molecule has 2 heterocycles. The van der Waals surface area contributed by atoms with Gasteiger partial charge in [-0.05, 0) is 29.8 Å². The normalized spacial score (nSPS) is 15.3. The van der Waals surface area contributed by atoms with Gasteiger partial charge in [0.25, 0.3) is 5.24 Å². The number of nitrogens with zero attached hydrogens (tertiary/aromatic N) is 3. The highest BCUT2D eigenvalue weighted by Gasteiger charge is 2.25. The van der Waals surface area contributed by atoms with Crippen LogP contribution in [0.2, 0.25) is 0 Å². The predicted molar refractivity (Wildman–Crippen MR) is 96.3 cm³/mol. The molecule has 3 rings (SSSR count). The van der Waals surface area contributed by atoms with Gasteiger partial charge in [-0.2, -0.15) is 0 Å². The number of rotatable bonds is 6. The first-order valence-electron chi connectivity index (χ1n) is 7.58. The minimum Gasteiger partial charge on any atom is -0.492 e. The summed E-state index contributed by atoms with van der Waals surface area (Å²) in [5, 5.41) is 1.90. The molecule has 0 atom stereocenters. The van der Waals surface area contributed by atoms with Crippen LogP contribution in [0.3, 0.4) is 0 Å². The van der Waals surface area contributed by atoms with Crippen LogP contribution in [-0.4, -0.2) is 40.5 Å². The minimum atomic E-state index is -0.345. The number of nitrogens with one attached hydrogen (secondary N) is 1. The van der Waals surface area contributed by atoms with Crippen molar-refractivity contribution in [1.29, 1.82) is 0 Å². The number of carbonyl (C=O) groups excluding carboxylic acids is 2. The summed E-state index contributed by atoms with van der Waals surface area (Å²) < 4.78 is 5.70. The van der Waals surface area contributed by atoms with Crippen LogP contribution < -0.4 is 15.0 Å². The summed E-state index contributed by atoms with van der Waals surface area (Å²) in [7, 11) is 1.90. The Kier molecular flexibility index (Phi) is 5.30. The van der Waals surface area contributed by atoms with E-state index in [0.717, 1.165) is 11.3 Å². The third-order valence-electron chi connectivity index (χ3n) is 3.42. The number of carbonyl (C=O) groups is 2. The quantitative estimate of drug-likeness (QED) is 0.795. The molecule has 0 saturated carbocycles. The van der Waals surface area contributed by atoms with E-state index in [4.69, 9.17) is 4.74 Å². The second-order valence-corrected chi connectivity index (χ2v) is 6.19. The molecule has 2 aromatic rings. The number of amides is 1. The highest BCUT2D eigenvalue weighted by Crippen LogP contribution is 2.21. The maximum absolute atomic E-state index is 11.5. The number of thioether (sulfide) groups is 1. The molecular weight excluding hydrogens is 340 g/mol. The standard InChI is InChI=1S/C17H16N4O3S/c1-21(16-18-7-2-8-19-16)9-10-24-13-5-3-12(4-6-13)11-14-15(22)25-17(23)20-14/h2-8,11H,9-10H2,1H3,(H,20,23). The Bertz CT molecular complexity index is 793. The van der Waals surface area contributed by atoms with Crippen molar-refractivity contribution in [3.63, 3.8) is 0 Å². The molecule has 1 aliphatic heterocycles. The average molecular weight is 356 g/mol. The van der Waals surface area contributed by atoms with E-state index in [-0.39, 0.29) is 10.4 Å². The average Bonchev–Trinajstić information content (AvgIpc) is 2.94. The third-order valence-corrected chi connectivity index (χ3v) is 4.11. The molecule has 128 valence electrons. The largest absolute Gasteiger partial charge is 0.492 e. The number of aromatic nitrogens is 2. The summed E-state index contributed by atoms with van der Waals surface area (Å²) >= 11 is 0.666. The molecule has 0 radical (unpaired) electrons. The third kappa shape index (κ3) is 4.57. The summed E-state index contributed by atoms with van der Waals surface area (Å²) in [4.78, 5) is 32.9. The minimum absolute atomic E-state index is 0.267. The van der Waals surface area contributed by atoms with Crippen molar-refractivity contribution >= 4 is 34.1 Å². The molecule has 1 aromatic carbocycles. The molecular formula is C17H16N4O3S. The molecule has 1 saturated heterocycles. The molecule has 25 heavy (non-hydrogen) atoms. The van der Waals surface area contributed by atoms with E-state index < -0.39 is 0 Å². The van der Waals surface area contributed by atoms with Crippen LogP contribution in [-0.2, 0) is 4.79 Å². The summed E-state index contributed by atoms with van der Waals surface area (Å²) in [5.74, 6) is 1.37. The van der Waals surface area contributed by atoms with Crippen LogP contribution in [0.15, 0.2) is 48.4 Å². The Labute approximate surface area is 149 Å². The number of benzene rings is 1. The second kappa shape index (κ2) is 7.80. The van der Waals surface area contributed by atoms with Gasteiger partial charge in [-0.15, -0.1) is 0 Å². The maximum atomic E-state index is 11.5. The van der Waals surface area contributed by atoms with Crippen molar-refractivity contribution in [2.24, 2.45) is 0 Å². The lowest BCUT2D eigenvalue weighted by Gasteiger charge is -2.16. The summed E-state index contributed by atoms with van der Waals surface area (Å²) in [5.41, 5.74) is 1.11. The first-order chi connectivity index (χ1) is 12.1. The zero-order chi connectivity index (χ0) is 17.6. The van der Waals surface area contributed by atoms with Crippen molar-refractivity contribution in [2.75, 3.05) is 25.1 Å². The summed E-state index contributed by atoms with van der Waals surface area (Å²) in [6, 6.07) is 9.07. The second-order valence-electron chi connectivity index (χ2n) is 5.25. The van der Waals surface area contributed by atoms with Crippen LogP contribution in [0, 0.1) is 0 Å². The lowest BCUT2D eigenvalue weighted by molar-refractivity contribution is -0.107. The topological polar surface area (TPSA) is 84.4 Å². The zero-order valence-electron chi connectivity index (χ0n) is 13.5. The number of likely N-dealkylation sites (N-methyl/N-ethyl adjacent to an activating group) is 1. The number of anilines is 1. The number of hydrogen-bond acceptors (Lipinski definition) is 7. The molecule has 0 aliphatic carbocycles. The van der Waals surface area contributed by atoms with Gasteiger partial charge in [-0.1, -0.05) is 12.1 Å². The SMILES string of the molecule is CN(CCOc1ccc(C=C2NC(=O)SC2=O)cc1)c1ncccn1. The molecule has 1 N–H and O–H groups in total. The van der Waals surface area contributed by atoms with Crippen molar-refractivity contribution in [3.8, 4) is 5.75 Å². The van der Waals surface area contributed by atoms with Crippen molar-refractivity contribution in [3.05, 3.63) is 54.0 Å². The fraction of sp³-hybridized carbons (Fsp3) is 0.176. The zero-order valence-corrected chi connectivity index (χ0v) is 14.3. The molecule has 1 aromatic heterocycles. The van der Waals surface area contributed by atoms with Crippen LogP contribution >= 0.6 is 11.8 Å². The lowest BCUT2D eigenvalue weighted by atomic mass is 10.2. The van der Waals surface area contributed by atoms with Crippen LogP contribution in [0.25, 0.3) is 6.08 Å². The van der Waals surface area contributed by atoms with Gasteiger partial charge >= 0.3 is 0 Å². The molecule has 1 amide bonds. The van der Waals surface area contributed by atoms with Crippen molar-refractivity contribution in [2.45, 2.75) is 0 Å². The molecule has 1 fully saturated rings. The molecule has 0 bridgehead atoms. The van der Waals surface area contributed by atoms with Crippen LogP contribution in [0.1, 0.15) is 5.56 Å². The highest BCUT2D eigenvalue weighted by molar-refractivity contribution is 8.27. The number of ether oxygens (including phenoxy) is 1. The monoisotopic (exact) mass is 356 g/mol. The Hall–Kier alpha value is -2.87. The Morgan fingerprint density at radius 2 is 1.92 bits per heavy atom. The van der Waals surface area contributed by atoms with E-state index in [2.05, 4.69) is 15.3 Å². The summed E-state index contributed by atoms with van der Waals surface area (Å²) in [6.45, 7) is 1.13. The van der Waals surface area contributed by atoms with E-state index in [1.54, 1.807) is 24.5 Å². The van der Waals surface area contributed by atoms with Gasteiger partial charge in [0.05, 0.1) is 12.2 Å². The molecule has 7 nitrogen and oxygen atoms in total. The van der Waals surface area contributed by atoms with E-state index in [1.165, 1.54) is 0 Å². The molecule has 0 spiro atoms. The Balaban J connectivity index is 1.52. The predicted octanol–water partition coefficient (Wildman–Crippen LogP) is 2.32. The van der Waals surface area contributed by atoms with Crippen molar-refractivity contribution < 1.29 is 14.3 Å². The Morgan fingerprint density at radius 1 is 1.20 bits per heavy atom. The lowest BCUT2D eigenvalue weighted by Crippen LogP contribution is -2.25. The molecule has 1 aliphatic rings. The van der Waals surface area contributed by atoms with E-state index in [0.29, 0.717) is 36.6 Å². The van der Waals surface area contributed by atoms with Gasteiger partial charge in [0.15, 0.2) is 0 Å². The Morgan fingerprint density at radius 3 is 2.56 bits per heavy atom. The number of hydrogen-bond donors (Lipinski definition) is 1. The maximum Gasteiger partial charge on any atom is 0.291 e. The van der Waals surface area contributed by atoms with E-state index in [1.807, 2.05) is 36.2 Å².